The van der Waals surface area contributed by atoms with Crippen LogP contribution in [0.1, 0.15) is 16.7 Å². The number of amides is 1. The number of hydrogen-bond acceptors (Lipinski definition) is 6. The van der Waals surface area contributed by atoms with Gasteiger partial charge in [-0.2, -0.15) is 5.10 Å². The summed E-state index contributed by atoms with van der Waals surface area (Å²) in [6.45, 7) is 5.95. The van der Waals surface area contributed by atoms with Crippen LogP contribution in [0.2, 0.25) is 0 Å². The second kappa shape index (κ2) is 8.87. The second-order valence-corrected chi connectivity index (χ2v) is 8.97. The van der Waals surface area contributed by atoms with E-state index in [1.165, 1.54) is 24.3 Å². The fourth-order valence-corrected chi connectivity index (χ4v) is 4.47. The summed E-state index contributed by atoms with van der Waals surface area (Å²) in [5.41, 5.74) is 2.78. The maximum Gasteiger partial charge on any atom is 0.266 e. The number of halogens is 1. The number of rotatable bonds is 8. The summed E-state index contributed by atoms with van der Waals surface area (Å²) in [7, 11) is -4.19. The Bertz CT molecular complexity index is 1460. The van der Waals surface area contributed by atoms with Gasteiger partial charge in [0.1, 0.15) is 10.7 Å². The van der Waals surface area contributed by atoms with Crippen molar-refractivity contribution in [2.24, 2.45) is 0 Å². The predicted molar refractivity (Wildman–Crippen MR) is 119 cm³/mol. The minimum atomic E-state index is -4.19. The molecule has 33 heavy (non-hydrogen) atoms. The van der Waals surface area contributed by atoms with E-state index in [0.29, 0.717) is 24.1 Å². The van der Waals surface area contributed by atoms with Crippen LogP contribution in [-0.4, -0.2) is 29.3 Å². The van der Waals surface area contributed by atoms with E-state index >= 15 is 0 Å². The zero-order valence-corrected chi connectivity index (χ0v) is 18.4. The number of fused-ring (bicyclic) bond motifs is 1. The molecular weight excluding hydrogens is 449 g/mol. The number of nitrogens with one attached hydrogen (secondary N) is 2. The van der Waals surface area contributed by atoms with Crippen LogP contribution >= 0.6 is 0 Å². The number of nitrogens with zero attached hydrogens (tertiary/aromatic N) is 3. The smallest absolute Gasteiger partial charge is 0.266 e. The molecule has 0 unspecified atom stereocenters. The Morgan fingerprint density at radius 2 is 2.06 bits per heavy atom. The quantitative estimate of drug-likeness (QED) is 0.383. The van der Waals surface area contributed by atoms with Gasteiger partial charge in [-0.1, -0.05) is 29.9 Å². The summed E-state index contributed by atoms with van der Waals surface area (Å²) in [4.78, 5) is 10.8. The fourth-order valence-electron chi connectivity index (χ4n) is 3.38. The standard InChI is InChI=1S/C22H20FN5O4S/c1-3-20(29)24-10-16-11-25-28(13-16)12-15-8-14(2)21-18(9-15)32-26-22(21)27-33(30,31)19-7-5-4-6-17(19)23/h3-9,11,13H,1,10,12H2,2H3,(H,24,29)(H,26,27). The van der Waals surface area contributed by atoms with Gasteiger partial charge in [0.25, 0.3) is 10.0 Å². The van der Waals surface area contributed by atoms with Crippen molar-refractivity contribution < 1.29 is 22.1 Å². The molecule has 9 nitrogen and oxygen atoms in total. The van der Waals surface area contributed by atoms with E-state index in [4.69, 9.17) is 4.52 Å². The first-order chi connectivity index (χ1) is 15.8. The summed E-state index contributed by atoms with van der Waals surface area (Å²) in [6, 6.07) is 8.68. The average Bonchev–Trinajstić information content (AvgIpc) is 3.39. The molecular formula is C22H20FN5O4S. The SMILES string of the molecule is C=CC(=O)NCc1cnn(Cc2cc(C)c3c(NS(=O)(=O)c4ccccc4F)noc3c2)c1. The zero-order chi connectivity index (χ0) is 23.6. The Balaban J connectivity index is 1.55. The lowest BCUT2D eigenvalue weighted by atomic mass is 10.1. The molecule has 1 amide bonds. The minimum absolute atomic E-state index is 0.0170. The Morgan fingerprint density at radius 1 is 1.27 bits per heavy atom. The van der Waals surface area contributed by atoms with Gasteiger partial charge < -0.3 is 9.84 Å². The molecule has 2 N–H and O–H groups in total. The van der Waals surface area contributed by atoms with Crippen LogP contribution in [0.3, 0.4) is 0 Å². The van der Waals surface area contributed by atoms with Crippen LogP contribution in [0, 0.1) is 12.7 Å². The number of aromatic nitrogens is 3. The number of hydrogen-bond donors (Lipinski definition) is 2. The lowest BCUT2D eigenvalue weighted by Gasteiger charge is -2.08. The summed E-state index contributed by atoms with van der Waals surface area (Å²) in [5.74, 6) is -1.15. The van der Waals surface area contributed by atoms with Gasteiger partial charge in [-0.3, -0.25) is 14.2 Å². The number of anilines is 1. The molecule has 2 heterocycles. The molecule has 4 aromatic rings. The maximum absolute atomic E-state index is 14.0. The molecule has 11 heteroatoms. The van der Waals surface area contributed by atoms with Gasteiger partial charge in [0.15, 0.2) is 11.4 Å². The van der Waals surface area contributed by atoms with E-state index in [1.807, 2.05) is 6.07 Å². The Hall–Kier alpha value is -3.99. The molecule has 0 saturated heterocycles. The Labute approximate surface area is 188 Å². The van der Waals surface area contributed by atoms with E-state index in [1.54, 1.807) is 30.1 Å². The monoisotopic (exact) mass is 469 g/mol. The van der Waals surface area contributed by atoms with Crippen molar-refractivity contribution >= 4 is 32.7 Å². The molecule has 0 atom stereocenters. The average molecular weight is 469 g/mol. The van der Waals surface area contributed by atoms with Crippen LogP contribution in [0.5, 0.6) is 0 Å². The lowest BCUT2D eigenvalue weighted by molar-refractivity contribution is -0.116. The molecule has 0 radical (unpaired) electrons. The van der Waals surface area contributed by atoms with Crippen molar-refractivity contribution in [3.05, 3.63) is 84.0 Å². The summed E-state index contributed by atoms with van der Waals surface area (Å²) in [6.07, 6.45) is 4.65. The number of benzene rings is 2. The van der Waals surface area contributed by atoms with E-state index < -0.39 is 20.7 Å². The summed E-state index contributed by atoms with van der Waals surface area (Å²) in [5, 5.41) is 11.3. The summed E-state index contributed by atoms with van der Waals surface area (Å²) >= 11 is 0. The molecule has 0 aliphatic carbocycles. The minimum Gasteiger partial charge on any atom is -0.354 e. The van der Waals surface area contributed by atoms with Gasteiger partial charge in [-0.25, -0.2) is 12.8 Å². The third-order valence-electron chi connectivity index (χ3n) is 4.87. The largest absolute Gasteiger partial charge is 0.354 e. The van der Waals surface area contributed by atoms with E-state index in [9.17, 15) is 17.6 Å². The molecule has 4 rings (SSSR count). The molecule has 0 aliphatic heterocycles. The highest BCUT2D eigenvalue weighted by molar-refractivity contribution is 7.92. The maximum atomic E-state index is 14.0. The van der Waals surface area contributed by atoms with Crippen molar-refractivity contribution in [3.8, 4) is 0 Å². The Kier molecular flexibility index (Phi) is 5.97. The molecule has 0 bridgehead atoms. The van der Waals surface area contributed by atoms with Crippen LogP contribution in [-0.2, 0) is 27.9 Å². The first-order valence-electron chi connectivity index (χ1n) is 9.84. The van der Waals surface area contributed by atoms with Crippen LogP contribution < -0.4 is 10.0 Å². The van der Waals surface area contributed by atoms with Gasteiger partial charge >= 0.3 is 0 Å². The molecule has 0 fully saturated rings. The van der Waals surface area contributed by atoms with Crippen LogP contribution in [0.15, 0.2) is 70.9 Å². The molecule has 170 valence electrons. The highest BCUT2D eigenvalue weighted by Gasteiger charge is 2.22. The molecule has 2 aromatic heterocycles. The van der Waals surface area contributed by atoms with Crippen molar-refractivity contribution in [1.82, 2.24) is 20.3 Å². The van der Waals surface area contributed by atoms with Gasteiger partial charge in [0, 0.05) is 18.3 Å². The normalized spacial score (nSPS) is 11.5. The lowest BCUT2D eigenvalue weighted by Crippen LogP contribution is -2.19. The highest BCUT2D eigenvalue weighted by Crippen LogP contribution is 2.30. The number of sulfonamides is 1. The second-order valence-electron chi connectivity index (χ2n) is 7.32. The van der Waals surface area contributed by atoms with Gasteiger partial charge in [0.05, 0.1) is 18.1 Å². The Morgan fingerprint density at radius 3 is 2.82 bits per heavy atom. The van der Waals surface area contributed by atoms with Crippen molar-refractivity contribution in [2.75, 3.05) is 4.72 Å². The first kappa shape index (κ1) is 22.2. The molecule has 0 spiro atoms. The molecule has 0 saturated carbocycles. The van der Waals surface area contributed by atoms with Crippen LogP contribution in [0.4, 0.5) is 10.2 Å². The predicted octanol–water partition coefficient (Wildman–Crippen LogP) is 3.12. The topological polar surface area (TPSA) is 119 Å². The zero-order valence-electron chi connectivity index (χ0n) is 17.6. The van der Waals surface area contributed by atoms with Crippen molar-refractivity contribution in [1.29, 1.82) is 0 Å². The fraction of sp³-hybridized carbons (Fsp3) is 0.136. The first-order valence-corrected chi connectivity index (χ1v) is 11.3. The van der Waals surface area contributed by atoms with E-state index in [-0.39, 0.29) is 11.7 Å². The van der Waals surface area contributed by atoms with Crippen molar-refractivity contribution in [2.45, 2.75) is 24.9 Å². The molecule has 2 aromatic carbocycles. The van der Waals surface area contributed by atoms with Crippen molar-refractivity contribution in [3.63, 3.8) is 0 Å². The number of aryl methyl sites for hydroxylation is 1. The van der Waals surface area contributed by atoms with Gasteiger partial charge in [-0.15, -0.1) is 0 Å². The summed E-state index contributed by atoms with van der Waals surface area (Å²) < 4.78 is 48.6. The highest BCUT2D eigenvalue weighted by atomic mass is 32.2. The van der Waals surface area contributed by atoms with Gasteiger partial charge in [-0.05, 0) is 42.3 Å². The third kappa shape index (κ3) is 4.77. The number of carbonyl (C=O) groups is 1. The molecule has 0 aliphatic rings. The number of carbonyl (C=O) groups excluding carboxylic acids is 1. The third-order valence-corrected chi connectivity index (χ3v) is 6.24. The van der Waals surface area contributed by atoms with Gasteiger partial charge in [0.2, 0.25) is 5.91 Å². The van der Waals surface area contributed by atoms with Crippen LogP contribution in [0.25, 0.3) is 11.0 Å². The van der Waals surface area contributed by atoms with E-state index in [2.05, 4.69) is 26.9 Å². The van der Waals surface area contributed by atoms with E-state index in [0.717, 1.165) is 22.8 Å².